The zero-order valence-corrected chi connectivity index (χ0v) is 19.3. The molecule has 0 bridgehead atoms. The zero-order chi connectivity index (χ0) is 23.5. The Morgan fingerprint density at radius 2 is 2.06 bits per heavy atom. The first-order valence-corrected chi connectivity index (χ1v) is 11.2. The summed E-state index contributed by atoms with van der Waals surface area (Å²) in [5, 5.41) is 19.0. The van der Waals surface area contributed by atoms with Crippen molar-refractivity contribution in [2.45, 2.75) is 26.3 Å². The van der Waals surface area contributed by atoms with Crippen LogP contribution in [0.4, 0.5) is 11.6 Å². The van der Waals surface area contributed by atoms with Crippen molar-refractivity contribution in [1.29, 1.82) is 5.26 Å². The predicted octanol–water partition coefficient (Wildman–Crippen LogP) is 2.03. The fourth-order valence-corrected chi connectivity index (χ4v) is 4.28. The van der Waals surface area contributed by atoms with Crippen molar-refractivity contribution in [3.05, 3.63) is 51.3 Å². The molecule has 0 unspecified atom stereocenters. The third-order valence-electron chi connectivity index (χ3n) is 5.54. The molecule has 4 N–H and O–H groups in total. The van der Waals surface area contributed by atoms with Crippen molar-refractivity contribution in [1.82, 2.24) is 24.9 Å². The van der Waals surface area contributed by atoms with Crippen LogP contribution in [0.25, 0.3) is 10.9 Å². The Hall–Kier alpha value is -3.42. The highest BCUT2D eigenvalue weighted by atomic mass is 35.5. The Kier molecular flexibility index (Phi) is 6.62. The first-order chi connectivity index (χ1) is 15.9. The van der Waals surface area contributed by atoms with E-state index in [0.717, 1.165) is 13.1 Å². The van der Waals surface area contributed by atoms with Gasteiger partial charge >= 0.3 is 0 Å². The summed E-state index contributed by atoms with van der Waals surface area (Å²) in [5.74, 6) is 1.20. The van der Waals surface area contributed by atoms with E-state index in [0.29, 0.717) is 47.1 Å². The minimum absolute atomic E-state index is 0.0936. The minimum atomic E-state index is -0.419. The van der Waals surface area contributed by atoms with Crippen LogP contribution < -0.4 is 26.9 Å². The van der Waals surface area contributed by atoms with Gasteiger partial charge in [0.15, 0.2) is 5.82 Å². The first-order valence-electron chi connectivity index (χ1n) is 10.8. The third-order valence-corrected chi connectivity index (χ3v) is 5.86. The van der Waals surface area contributed by atoms with E-state index in [9.17, 15) is 10.1 Å². The largest absolute Gasteiger partial charge is 0.382 e. The number of nitriles is 1. The normalized spacial score (nSPS) is 14.9. The molecule has 3 aromatic rings. The lowest BCUT2D eigenvalue weighted by Crippen LogP contribution is -2.54. The second-order valence-corrected chi connectivity index (χ2v) is 8.75. The van der Waals surface area contributed by atoms with Gasteiger partial charge in [-0.05, 0) is 24.5 Å². The summed E-state index contributed by atoms with van der Waals surface area (Å²) in [6.07, 6.45) is 1.95. The van der Waals surface area contributed by atoms with Gasteiger partial charge in [0, 0.05) is 26.2 Å². The van der Waals surface area contributed by atoms with Gasteiger partial charge in [-0.3, -0.25) is 4.79 Å². The van der Waals surface area contributed by atoms with Crippen LogP contribution in [-0.4, -0.2) is 45.8 Å². The van der Waals surface area contributed by atoms with Crippen molar-refractivity contribution in [2.24, 2.45) is 5.92 Å². The fourth-order valence-electron chi connectivity index (χ4n) is 4.03. The summed E-state index contributed by atoms with van der Waals surface area (Å²) in [7, 11) is 0. The monoisotopic (exact) mass is 467 g/mol. The summed E-state index contributed by atoms with van der Waals surface area (Å²) >= 11 is 6.41. The topological polar surface area (TPSA) is 138 Å². The average Bonchev–Trinajstić information content (AvgIpc) is 2.79. The number of halogens is 1. The first kappa shape index (κ1) is 22.8. The van der Waals surface area contributed by atoms with Gasteiger partial charge in [0.25, 0.3) is 5.56 Å². The van der Waals surface area contributed by atoms with E-state index in [4.69, 9.17) is 22.3 Å². The van der Waals surface area contributed by atoms with Crippen LogP contribution in [0.1, 0.15) is 37.7 Å². The smallest absolute Gasteiger partial charge is 0.281 e. The Balaban J connectivity index is 1.92. The molecule has 1 aromatic carbocycles. The lowest BCUT2D eigenvalue weighted by atomic mass is 10.0. The quantitative estimate of drug-likeness (QED) is 0.497. The number of anilines is 2. The van der Waals surface area contributed by atoms with Crippen LogP contribution in [0, 0.1) is 17.2 Å². The number of rotatable bonds is 6. The average molecular weight is 468 g/mol. The van der Waals surface area contributed by atoms with Crippen LogP contribution in [0.3, 0.4) is 0 Å². The zero-order valence-electron chi connectivity index (χ0n) is 18.5. The highest BCUT2D eigenvalue weighted by Gasteiger charge is 2.27. The van der Waals surface area contributed by atoms with Gasteiger partial charge in [-0.1, -0.05) is 31.5 Å². The number of benzene rings is 1. The van der Waals surface area contributed by atoms with Gasteiger partial charge < -0.3 is 21.4 Å². The third kappa shape index (κ3) is 4.55. The van der Waals surface area contributed by atoms with E-state index < -0.39 is 6.04 Å². The number of hydrogen-bond donors (Lipinski definition) is 3. The van der Waals surface area contributed by atoms with E-state index in [-0.39, 0.29) is 22.9 Å². The number of nitrogens with one attached hydrogen (secondary N) is 2. The van der Waals surface area contributed by atoms with Crippen LogP contribution >= 0.6 is 11.6 Å². The molecule has 0 spiro atoms. The lowest BCUT2D eigenvalue weighted by molar-refractivity contribution is 0.437. The molecule has 0 radical (unpaired) electrons. The second-order valence-electron chi connectivity index (χ2n) is 8.35. The number of nitrogens with two attached hydrogens (primary N) is 1. The standard InChI is InChI=1S/C22H26ClN9O/c1-13(2)10-17(29-20-14(11-24)19(25)27-12-28-20)21-30-16-5-3-4-15(23)18(16)22(33)32(21)31-8-6-26-7-9-31/h3-5,12-13,17,26H,6-10H2,1-2H3,(H3,25,27,28,29)/t17-/m0/s1. The minimum Gasteiger partial charge on any atom is -0.382 e. The number of hydrogen-bond acceptors (Lipinski definition) is 9. The molecule has 4 rings (SSSR count). The molecule has 1 saturated heterocycles. The van der Waals surface area contributed by atoms with E-state index in [1.165, 1.54) is 6.33 Å². The number of aromatic nitrogens is 4. The lowest BCUT2D eigenvalue weighted by Gasteiger charge is -2.34. The number of piperazine rings is 1. The summed E-state index contributed by atoms with van der Waals surface area (Å²) in [5.41, 5.74) is 6.35. The molecule has 33 heavy (non-hydrogen) atoms. The van der Waals surface area contributed by atoms with Crippen molar-refractivity contribution in [3.63, 3.8) is 0 Å². The van der Waals surface area contributed by atoms with Gasteiger partial charge in [-0.25, -0.2) is 19.6 Å². The Bertz CT molecular complexity index is 1260. The molecule has 0 amide bonds. The maximum absolute atomic E-state index is 13.7. The van der Waals surface area contributed by atoms with Crippen LogP contribution in [0.2, 0.25) is 5.02 Å². The molecule has 1 aliphatic heterocycles. The Labute approximate surface area is 196 Å². The Morgan fingerprint density at radius 1 is 1.30 bits per heavy atom. The number of fused-ring (bicyclic) bond motifs is 1. The van der Waals surface area contributed by atoms with Crippen LogP contribution in [0.5, 0.6) is 0 Å². The summed E-state index contributed by atoms with van der Waals surface area (Å²) in [6.45, 7) is 6.94. The highest BCUT2D eigenvalue weighted by Crippen LogP contribution is 2.28. The summed E-state index contributed by atoms with van der Waals surface area (Å²) < 4.78 is 1.63. The summed E-state index contributed by atoms with van der Waals surface area (Å²) in [4.78, 5) is 26.8. The summed E-state index contributed by atoms with van der Waals surface area (Å²) in [6, 6.07) is 6.90. The molecule has 1 fully saturated rings. The highest BCUT2D eigenvalue weighted by molar-refractivity contribution is 6.35. The molecule has 172 valence electrons. The second kappa shape index (κ2) is 9.60. The molecule has 11 heteroatoms. The van der Waals surface area contributed by atoms with Crippen molar-refractivity contribution >= 4 is 34.1 Å². The number of nitrogens with zero attached hydrogens (tertiary/aromatic N) is 6. The van der Waals surface area contributed by atoms with Gasteiger partial charge in [-0.2, -0.15) is 5.26 Å². The van der Waals surface area contributed by atoms with Crippen molar-refractivity contribution in [3.8, 4) is 6.07 Å². The van der Waals surface area contributed by atoms with Gasteiger partial charge in [0.1, 0.15) is 29.6 Å². The van der Waals surface area contributed by atoms with E-state index in [1.807, 2.05) is 5.01 Å². The maximum atomic E-state index is 13.7. The molecule has 0 saturated carbocycles. The fraction of sp³-hybridized carbons (Fsp3) is 0.409. The molecule has 2 aromatic heterocycles. The van der Waals surface area contributed by atoms with Gasteiger partial charge in [0.2, 0.25) is 0 Å². The van der Waals surface area contributed by atoms with Crippen LogP contribution in [-0.2, 0) is 0 Å². The van der Waals surface area contributed by atoms with E-state index >= 15 is 0 Å². The molecule has 3 heterocycles. The molecule has 10 nitrogen and oxygen atoms in total. The molecule has 1 atom stereocenters. The molecule has 0 aliphatic carbocycles. The predicted molar refractivity (Wildman–Crippen MR) is 129 cm³/mol. The van der Waals surface area contributed by atoms with E-state index in [1.54, 1.807) is 22.9 Å². The molecular formula is C22H26ClN9O. The molecular weight excluding hydrogens is 442 g/mol. The van der Waals surface area contributed by atoms with Crippen molar-refractivity contribution < 1.29 is 0 Å². The number of nitrogen functional groups attached to an aromatic ring is 1. The van der Waals surface area contributed by atoms with Gasteiger partial charge in [0.05, 0.1) is 22.0 Å². The maximum Gasteiger partial charge on any atom is 0.281 e. The molecule has 1 aliphatic rings. The van der Waals surface area contributed by atoms with E-state index in [2.05, 4.69) is 40.5 Å². The SMILES string of the molecule is CC(C)C[C@H](Nc1ncnc(N)c1C#N)c1nc2cccc(Cl)c2c(=O)n1N1CCNCC1. The Morgan fingerprint density at radius 3 is 2.76 bits per heavy atom. The van der Waals surface area contributed by atoms with Crippen LogP contribution in [0.15, 0.2) is 29.3 Å². The van der Waals surface area contributed by atoms with Gasteiger partial charge in [-0.15, -0.1) is 0 Å². The van der Waals surface area contributed by atoms with Crippen molar-refractivity contribution in [2.75, 3.05) is 42.2 Å².